The Balaban J connectivity index is 2.02. The standard InChI is InChI=1S/C25H40N2O3SSi/c1-9-29-24(28)23-17-27(18-26-23)16-21(30-32(7,8)25(4,5)6)11-10-14-31-22-13-12-19(2)20(3)15-22/h12-13,15,17-18,21H,9-11,14,16H2,1-8H3/t21-/m0/s1. The molecule has 0 aliphatic heterocycles. The van der Waals surface area contributed by atoms with Gasteiger partial charge in [-0.15, -0.1) is 11.8 Å². The first-order valence-corrected chi connectivity index (χ1v) is 15.4. The number of nitrogens with zero attached hydrogens (tertiary/aromatic N) is 2. The van der Waals surface area contributed by atoms with Gasteiger partial charge in [-0.1, -0.05) is 26.8 Å². The molecular weight excluding hydrogens is 436 g/mol. The third kappa shape index (κ3) is 7.78. The molecule has 0 radical (unpaired) electrons. The second-order valence-electron chi connectivity index (χ2n) is 9.91. The molecule has 1 atom stereocenters. The summed E-state index contributed by atoms with van der Waals surface area (Å²) < 4.78 is 13.8. The summed E-state index contributed by atoms with van der Waals surface area (Å²) >= 11 is 1.90. The van der Waals surface area contributed by atoms with Gasteiger partial charge in [0.05, 0.1) is 19.0 Å². The lowest BCUT2D eigenvalue weighted by Crippen LogP contribution is -2.45. The maximum absolute atomic E-state index is 12.0. The van der Waals surface area contributed by atoms with Gasteiger partial charge in [-0.25, -0.2) is 9.78 Å². The first kappa shape index (κ1) is 26.7. The van der Waals surface area contributed by atoms with Crippen molar-refractivity contribution in [2.24, 2.45) is 0 Å². The van der Waals surface area contributed by atoms with Crippen LogP contribution in [0.25, 0.3) is 0 Å². The topological polar surface area (TPSA) is 53.4 Å². The number of aryl methyl sites for hydroxylation is 2. The molecule has 0 bridgehead atoms. The van der Waals surface area contributed by atoms with E-state index in [-0.39, 0.29) is 17.1 Å². The Morgan fingerprint density at radius 1 is 1.22 bits per heavy atom. The highest BCUT2D eigenvalue weighted by atomic mass is 32.2. The molecule has 0 amide bonds. The predicted molar refractivity (Wildman–Crippen MR) is 136 cm³/mol. The SMILES string of the molecule is CCOC(=O)c1cn(C[C@H](CCCSc2ccc(C)c(C)c2)O[Si](C)(C)C(C)(C)C)cn1. The zero-order valence-electron chi connectivity index (χ0n) is 21.0. The summed E-state index contributed by atoms with van der Waals surface area (Å²) in [6.45, 7) is 18.5. The molecule has 2 aromatic rings. The van der Waals surface area contributed by atoms with Crippen LogP contribution in [0.1, 0.15) is 62.2 Å². The highest BCUT2D eigenvalue weighted by Gasteiger charge is 2.39. The minimum absolute atomic E-state index is 0.0838. The van der Waals surface area contributed by atoms with Crippen LogP contribution >= 0.6 is 11.8 Å². The molecule has 0 fully saturated rings. The van der Waals surface area contributed by atoms with E-state index >= 15 is 0 Å². The van der Waals surface area contributed by atoms with E-state index in [1.165, 1.54) is 16.0 Å². The Morgan fingerprint density at radius 3 is 2.56 bits per heavy atom. The van der Waals surface area contributed by atoms with Crippen LogP contribution in [0.4, 0.5) is 0 Å². The van der Waals surface area contributed by atoms with Gasteiger partial charge in [0.15, 0.2) is 14.0 Å². The van der Waals surface area contributed by atoms with E-state index in [2.05, 4.69) is 70.9 Å². The van der Waals surface area contributed by atoms with Crippen molar-refractivity contribution in [3.8, 4) is 0 Å². The van der Waals surface area contributed by atoms with Crippen molar-refractivity contribution in [1.82, 2.24) is 9.55 Å². The second-order valence-corrected chi connectivity index (χ2v) is 15.8. The minimum Gasteiger partial charge on any atom is -0.461 e. The number of esters is 1. The average molecular weight is 477 g/mol. The minimum atomic E-state index is -1.92. The Labute approximate surface area is 199 Å². The first-order chi connectivity index (χ1) is 14.9. The lowest BCUT2D eigenvalue weighted by atomic mass is 10.1. The monoisotopic (exact) mass is 476 g/mol. The summed E-state index contributed by atoms with van der Waals surface area (Å²) in [5, 5.41) is 0.143. The molecule has 1 aromatic heterocycles. The van der Waals surface area contributed by atoms with Gasteiger partial charge < -0.3 is 13.7 Å². The molecule has 0 saturated heterocycles. The van der Waals surface area contributed by atoms with Crippen LogP contribution in [0.2, 0.25) is 18.1 Å². The molecule has 32 heavy (non-hydrogen) atoms. The Hall–Kier alpha value is -1.57. The Bertz CT molecular complexity index is 890. The number of ether oxygens (including phenoxy) is 1. The number of hydrogen-bond acceptors (Lipinski definition) is 5. The normalized spacial score (nSPS) is 13.2. The summed E-state index contributed by atoms with van der Waals surface area (Å²) in [6.07, 6.45) is 5.59. The van der Waals surface area contributed by atoms with Crippen LogP contribution in [0, 0.1) is 13.8 Å². The highest BCUT2D eigenvalue weighted by molar-refractivity contribution is 7.99. The molecule has 0 unspecified atom stereocenters. The first-order valence-electron chi connectivity index (χ1n) is 11.5. The molecule has 178 valence electrons. The van der Waals surface area contributed by atoms with E-state index < -0.39 is 8.32 Å². The molecule has 0 saturated carbocycles. The number of carbonyl (C=O) groups is 1. The van der Waals surface area contributed by atoms with Crippen molar-refractivity contribution in [3.05, 3.63) is 47.5 Å². The number of carbonyl (C=O) groups excluding carboxylic acids is 1. The smallest absolute Gasteiger partial charge is 0.358 e. The fraction of sp³-hybridized carbons (Fsp3) is 0.600. The Kier molecular flexibility index (Phi) is 9.61. The highest BCUT2D eigenvalue weighted by Crippen LogP contribution is 2.38. The van der Waals surface area contributed by atoms with Crippen molar-refractivity contribution in [2.75, 3.05) is 12.4 Å². The maximum atomic E-state index is 12.0. The van der Waals surface area contributed by atoms with E-state index in [9.17, 15) is 4.79 Å². The zero-order chi connectivity index (χ0) is 23.9. The summed E-state index contributed by atoms with van der Waals surface area (Å²) in [5.41, 5.74) is 3.02. The van der Waals surface area contributed by atoms with Gasteiger partial charge in [-0.3, -0.25) is 0 Å². The number of thioether (sulfide) groups is 1. The number of imidazole rings is 1. The Morgan fingerprint density at radius 2 is 1.94 bits per heavy atom. The average Bonchev–Trinajstić information content (AvgIpc) is 3.15. The van der Waals surface area contributed by atoms with Gasteiger partial charge in [0.1, 0.15) is 0 Å². The van der Waals surface area contributed by atoms with Crippen molar-refractivity contribution < 1.29 is 14.0 Å². The third-order valence-electron chi connectivity index (χ3n) is 6.22. The van der Waals surface area contributed by atoms with Crippen molar-refractivity contribution >= 4 is 26.0 Å². The lowest BCUT2D eigenvalue weighted by molar-refractivity contribution is 0.0519. The van der Waals surface area contributed by atoms with Crippen LogP contribution in [0.5, 0.6) is 0 Å². The van der Waals surface area contributed by atoms with E-state index in [1.54, 1.807) is 19.4 Å². The predicted octanol–water partition coefficient (Wildman–Crippen LogP) is 6.64. The fourth-order valence-electron chi connectivity index (χ4n) is 3.09. The van der Waals surface area contributed by atoms with Gasteiger partial charge in [0.25, 0.3) is 0 Å². The number of aromatic nitrogens is 2. The van der Waals surface area contributed by atoms with Crippen molar-refractivity contribution in [1.29, 1.82) is 0 Å². The summed E-state index contributed by atoms with van der Waals surface area (Å²) in [4.78, 5) is 17.5. The molecule has 0 aliphatic rings. The van der Waals surface area contributed by atoms with E-state index in [0.717, 1.165) is 18.6 Å². The summed E-state index contributed by atoms with van der Waals surface area (Å²) in [5.74, 6) is 0.677. The molecular formula is C25H40N2O3SSi. The fourth-order valence-corrected chi connectivity index (χ4v) is 5.44. The van der Waals surface area contributed by atoms with Crippen LogP contribution in [0.15, 0.2) is 35.6 Å². The summed E-state index contributed by atoms with van der Waals surface area (Å²) in [7, 11) is -1.92. The third-order valence-corrected chi connectivity index (χ3v) is 11.8. The van der Waals surface area contributed by atoms with Crippen LogP contribution < -0.4 is 0 Å². The molecule has 7 heteroatoms. The molecule has 1 aromatic carbocycles. The molecule has 5 nitrogen and oxygen atoms in total. The van der Waals surface area contributed by atoms with Gasteiger partial charge in [-0.05, 0) is 80.8 Å². The lowest BCUT2D eigenvalue weighted by Gasteiger charge is -2.39. The van der Waals surface area contributed by atoms with Gasteiger partial charge in [0.2, 0.25) is 0 Å². The summed E-state index contributed by atoms with van der Waals surface area (Å²) in [6, 6.07) is 6.67. The molecule has 0 N–H and O–H groups in total. The van der Waals surface area contributed by atoms with E-state index in [1.807, 2.05) is 16.3 Å². The van der Waals surface area contributed by atoms with Gasteiger partial charge in [0, 0.05) is 17.6 Å². The van der Waals surface area contributed by atoms with Crippen LogP contribution in [-0.2, 0) is 15.7 Å². The van der Waals surface area contributed by atoms with Crippen LogP contribution in [-0.4, -0.2) is 42.3 Å². The van der Waals surface area contributed by atoms with E-state index in [0.29, 0.717) is 18.8 Å². The second kappa shape index (κ2) is 11.5. The molecule has 0 aliphatic carbocycles. The maximum Gasteiger partial charge on any atom is 0.358 e. The molecule has 0 spiro atoms. The zero-order valence-corrected chi connectivity index (χ0v) is 22.8. The van der Waals surface area contributed by atoms with Crippen LogP contribution in [0.3, 0.4) is 0 Å². The van der Waals surface area contributed by atoms with E-state index in [4.69, 9.17) is 9.16 Å². The largest absolute Gasteiger partial charge is 0.461 e. The van der Waals surface area contributed by atoms with Gasteiger partial charge >= 0.3 is 5.97 Å². The molecule has 2 rings (SSSR count). The number of benzene rings is 1. The van der Waals surface area contributed by atoms with Crippen molar-refractivity contribution in [2.45, 2.75) is 90.1 Å². The quantitative estimate of drug-likeness (QED) is 0.157. The van der Waals surface area contributed by atoms with Crippen molar-refractivity contribution in [3.63, 3.8) is 0 Å². The molecule has 1 heterocycles. The number of hydrogen-bond donors (Lipinski definition) is 0. The number of rotatable bonds is 11. The van der Waals surface area contributed by atoms with Gasteiger partial charge in [-0.2, -0.15) is 0 Å².